The minimum absolute atomic E-state index is 0.101. The van der Waals surface area contributed by atoms with Gasteiger partial charge in [-0.15, -0.1) is 0 Å². The van der Waals surface area contributed by atoms with Crippen molar-refractivity contribution in [2.45, 2.75) is 0 Å². The van der Waals surface area contributed by atoms with Crippen molar-refractivity contribution in [1.82, 2.24) is 10.3 Å². The number of benzene rings is 3. The second-order valence-corrected chi connectivity index (χ2v) is 6.48. The molecular formula is C23H20N2O3. The SMILES string of the molecule is COc1ccc2cc(-c3cc(C(=O)NCCO)c4ccccc4n3)ccc2c1. The highest BCUT2D eigenvalue weighted by Crippen LogP contribution is 2.29. The Labute approximate surface area is 162 Å². The Kier molecular flexibility index (Phi) is 4.91. The van der Waals surface area contributed by atoms with Crippen LogP contribution in [0.25, 0.3) is 32.9 Å². The van der Waals surface area contributed by atoms with Crippen LogP contribution in [0.5, 0.6) is 5.75 Å². The molecule has 1 aromatic heterocycles. The van der Waals surface area contributed by atoms with Gasteiger partial charge in [-0.3, -0.25) is 4.79 Å². The van der Waals surface area contributed by atoms with Crippen LogP contribution in [0.4, 0.5) is 0 Å². The van der Waals surface area contributed by atoms with Crippen molar-refractivity contribution in [3.05, 3.63) is 72.3 Å². The maximum atomic E-state index is 12.6. The first-order valence-corrected chi connectivity index (χ1v) is 9.06. The molecule has 140 valence electrons. The Bertz CT molecular complexity index is 1170. The number of carbonyl (C=O) groups is 1. The summed E-state index contributed by atoms with van der Waals surface area (Å²) in [4.78, 5) is 17.4. The maximum Gasteiger partial charge on any atom is 0.252 e. The monoisotopic (exact) mass is 372 g/mol. The molecule has 0 saturated heterocycles. The minimum atomic E-state index is -0.223. The molecule has 0 unspecified atom stereocenters. The molecule has 0 spiro atoms. The highest BCUT2D eigenvalue weighted by molar-refractivity contribution is 6.07. The largest absolute Gasteiger partial charge is 0.497 e. The average molecular weight is 372 g/mol. The first-order chi connectivity index (χ1) is 13.7. The fraction of sp³-hybridized carbons (Fsp3) is 0.130. The number of methoxy groups -OCH3 is 1. The summed E-state index contributed by atoms with van der Waals surface area (Å²) in [5.74, 6) is 0.589. The predicted molar refractivity (Wildman–Crippen MR) is 111 cm³/mol. The Hall–Kier alpha value is -3.44. The van der Waals surface area contributed by atoms with Gasteiger partial charge in [-0.2, -0.15) is 0 Å². The van der Waals surface area contributed by atoms with Crippen LogP contribution in [0.15, 0.2) is 66.7 Å². The van der Waals surface area contributed by atoms with Gasteiger partial charge in [0.2, 0.25) is 0 Å². The number of pyridine rings is 1. The minimum Gasteiger partial charge on any atom is -0.497 e. The molecular weight excluding hydrogens is 352 g/mol. The third kappa shape index (κ3) is 3.40. The van der Waals surface area contributed by atoms with Gasteiger partial charge >= 0.3 is 0 Å². The summed E-state index contributed by atoms with van der Waals surface area (Å²) in [5.41, 5.74) is 2.96. The van der Waals surface area contributed by atoms with E-state index in [1.54, 1.807) is 13.2 Å². The van der Waals surface area contributed by atoms with Gasteiger partial charge in [-0.1, -0.05) is 36.4 Å². The summed E-state index contributed by atoms with van der Waals surface area (Å²) >= 11 is 0. The quantitative estimate of drug-likeness (QED) is 0.559. The molecule has 0 fully saturated rings. The fourth-order valence-electron chi connectivity index (χ4n) is 3.29. The van der Waals surface area contributed by atoms with Crippen molar-refractivity contribution in [2.75, 3.05) is 20.3 Å². The van der Waals surface area contributed by atoms with E-state index < -0.39 is 0 Å². The summed E-state index contributed by atoms with van der Waals surface area (Å²) in [5, 5.41) is 14.7. The van der Waals surface area contributed by atoms with E-state index >= 15 is 0 Å². The lowest BCUT2D eigenvalue weighted by molar-refractivity contribution is 0.0946. The van der Waals surface area contributed by atoms with Crippen LogP contribution in [-0.4, -0.2) is 36.3 Å². The standard InChI is InChI=1S/C23H20N2O3/c1-28-18-9-8-15-12-17(7-6-16(15)13-18)22-14-20(23(27)24-10-11-26)19-4-2-3-5-21(19)25-22/h2-9,12-14,26H,10-11H2,1H3,(H,24,27). The number of aromatic nitrogens is 1. The number of aliphatic hydroxyl groups is 1. The molecule has 4 aromatic rings. The van der Waals surface area contributed by atoms with Gasteiger partial charge in [0.1, 0.15) is 5.75 Å². The average Bonchev–Trinajstić information content (AvgIpc) is 2.75. The molecule has 4 rings (SSSR count). The van der Waals surface area contributed by atoms with E-state index in [4.69, 9.17) is 14.8 Å². The van der Waals surface area contributed by atoms with Crippen LogP contribution in [-0.2, 0) is 0 Å². The predicted octanol–water partition coefficient (Wildman–Crippen LogP) is 3.79. The number of hydrogen-bond acceptors (Lipinski definition) is 4. The Morgan fingerprint density at radius 1 is 1.04 bits per heavy atom. The van der Waals surface area contributed by atoms with Crippen LogP contribution < -0.4 is 10.1 Å². The third-order valence-electron chi connectivity index (χ3n) is 4.70. The normalized spacial score (nSPS) is 10.9. The molecule has 5 heteroatoms. The Morgan fingerprint density at radius 2 is 1.82 bits per heavy atom. The zero-order chi connectivity index (χ0) is 19.5. The van der Waals surface area contributed by atoms with Gasteiger partial charge in [0.15, 0.2) is 0 Å². The number of ether oxygens (including phenoxy) is 1. The van der Waals surface area contributed by atoms with Crippen molar-refractivity contribution in [3.8, 4) is 17.0 Å². The molecule has 0 aliphatic carbocycles. The van der Waals surface area contributed by atoms with Crippen molar-refractivity contribution >= 4 is 27.6 Å². The molecule has 0 aliphatic heterocycles. The summed E-state index contributed by atoms with van der Waals surface area (Å²) in [7, 11) is 1.65. The molecule has 0 atom stereocenters. The molecule has 28 heavy (non-hydrogen) atoms. The van der Waals surface area contributed by atoms with Gasteiger partial charge < -0.3 is 15.2 Å². The number of rotatable bonds is 5. The van der Waals surface area contributed by atoms with E-state index in [0.717, 1.165) is 38.7 Å². The third-order valence-corrected chi connectivity index (χ3v) is 4.70. The zero-order valence-electron chi connectivity index (χ0n) is 15.5. The van der Waals surface area contributed by atoms with E-state index in [9.17, 15) is 4.79 Å². The molecule has 1 heterocycles. The van der Waals surface area contributed by atoms with Crippen LogP contribution in [0.3, 0.4) is 0 Å². The second-order valence-electron chi connectivity index (χ2n) is 6.48. The van der Waals surface area contributed by atoms with Crippen molar-refractivity contribution in [3.63, 3.8) is 0 Å². The number of hydrogen-bond donors (Lipinski definition) is 2. The lowest BCUT2D eigenvalue weighted by Crippen LogP contribution is -2.26. The van der Waals surface area contributed by atoms with Gasteiger partial charge in [-0.25, -0.2) is 4.98 Å². The molecule has 0 bridgehead atoms. The number of aliphatic hydroxyl groups excluding tert-OH is 1. The molecule has 2 N–H and O–H groups in total. The van der Waals surface area contributed by atoms with E-state index in [1.807, 2.05) is 54.6 Å². The van der Waals surface area contributed by atoms with Crippen LogP contribution in [0.1, 0.15) is 10.4 Å². The number of fused-ring (bicyclic) bond motifs is 2. The number of para-hydroxylation sites is 1. The second kappa shape index (κ2) is 7.66. The van der Waals surface area contributed by atoms with Crippen molar-refractivity contribution < 1.29 is 14.6 Å². The summed E-state index contributed by atoms with van der Waals surface area (Å²) in [6.45, 7) is 0.109. The van der Waals surface area contributed by atoms with Gasteiger partial charge in [0.05, 0.1) is 30.5 Å². The number of amides is 1. The lowest BCUT2D eigenvalue weighted by atomic mass is 10.0. The van der Waals surface area contributed by atoms with Crippen LogP contribution in [0.2, 0.25) is 0 Å². The van der Waals surface area contributed by atoms with E-state index in [2.05, 4.69) is 11.4 Å². The molecule has 5 nitrogen and oxygen atoms in total. The molecule has 0 aliphatic rings. The Morgan fingerprint density at radius 3 is 2.64 bits per heavy atom. The molecule has 0 saturated carbocycles. The zero-order valence-corrected chi connectivity index (χ0v) is 15.5. The van der Waals surface area contributed by atoms with E-state index in [-0.39, 0.29) is 19.1 Å². The summed E-state index contributed by atoms with van der Waals surface area (Å²) in [6, 6.07) is 21.4. The number of nitrogens with zero attached hydrogens (tertiary/aromatic N) is 1. The molecule has 1 amide bonds. The van der Waals surface area contributed by atoms with E-state index in [0.29, 0.717) is 5.56 Å². The lowest BCUT2D eigenvalue weighted by Gasteiger charge is -2.11. The topological polar surface area (TPSA) is 71.5 Å². The highest BCUT2D eigenvalue weighted by Gasteiger charge is 2.14. The summed E-state index contributed by atoms with van der Waals surface area (Å²) < 4.78 is 5.29. The maximum absolute atomic E-state index is 12.6. The van der Waals surface area contributed by atoms with Gasteiger partial charge in [0, 0.05) is 17.5 Å². The molecule has 0 radical (unpaired) electrons. The van der Waals surface area contributed by atoms with E-state index in [1.165, 1.54) is 0 Å². The number of carbonyl (C=O) groups excluding carboxylic acids is 1. The van der Waals surface area contributed by atoms with Gasteiger partial charge in [-0.05, 0) is 41.1 Å². The van der Waals surface area contributed by atoms with Crippen LogP contribution >= 0.6 is 0 Å². The van der Waals surface area contributed by atoms with Crippen molar-refractivity contribution in [2.24, 2.45) is 0 Å². The summed E-state index contributed by atoms with van der Waals surface area (Å²) in [6.07, 6.45) is 0. The Balaban J connectivity index is 1.84. The first-order valence-electron chi connectivity index (χ1n) is 9.06. The number of nitrogens with one attached hydrogen (secondary N) is 1. The fourth-order valence-corrected chi connectivity index (χ4v) is 3.29. The smallest absolute Gasteiger partial charge is 0.252 e. The molecule has 3 aromatic carbocycles. The first kappa shape index (κ1) is 17.9. The highest BCUT2D eigenvalue weighted by atomic mass is 16.5. The van der Waals surface area contributed by atoms with Crippen LogP contribution in [0, 0.1) is 0 Å². The van der Waals surface area contributed by atoms with Crippen molar-refractivity contribution in [1.29, 1.82) is 0 Å². The van der Waals surface area contributed by atoms with Gasteiger partial charge in [0.25, 0.3) is 5.91 Å².